The van der Waals surface area contributed by atoms with Crippen molar-refractivity contribution in [3.63, 3.8) is 0 Å². The first-order valence-electron chi connectivity index (χ1n) is 4.16. The number of hydrogen-bond acceptors (Lipinski definition) is 2. The minimum Gasteiger partial charge on any atom is -0.393 e. The quantitative estimate of drug-likeness (QED) is 0.687. The van der Waals surface area contributed by atoms with Crippen LogP contribution in [0.2, 0.25) is 0 Å². The lowest BCUT2D eigenvalue weighted by molar-refractivity contribution is -0.114. The molecule has 0 radical (unpaired) electrons. The van der Waals surface area contributed by atoms with Gasteiger partial charge in [-0.25, -0.2) is 0 Å². The van der Waals surface area contributed by atoms with E-state index in [4.69, 9.17) is 5.11 Å². The molecule has 0 bridgehead atoms. The van der Waals surface area contributed by atoms with Crippen LogP contribution >= 0.6 is 0 Å². The standard InChI is InChI=1S/C6H14O.C3H6O/c1-3-4-5-6(2)7;1-3(2)4/h6-7H,3-5H2,1-2H3;1-2H3. The Hall–Kier alpha value is -0.370. The van der Waals surface area contributed by atoms with Gasteiger partial charge in [0.25, 0.3) is 0 Å². The predicted molar refractivity (Wildman–Crippen MR) is 47.6 cm³/mol. The number of aliphatic hydroxyl groups is 1. The molecule has 0 rings (SSSR count). The zero-order valence-corrected chi connectivity index (χ0v) is 8.05. The number of Topliss-reactive ketones (excluding diaryl/α,β-unsaturated/α-hetero) is 1. The summed E-state index contributed by atoms with van der Waals surface area (Å²) in [5, 5.41) is 8.68. The molecule has 0 aliphatic rings. The van der Waals surface area contributed by atoms with Gasteiger partial charge in [0.05, 0.1) is 6.10 Å². The van der Waals surface area contributed by atoms with Crippen LogP contribution in [0, 0.1) is 0 Å². The largest absolute Gasteiger partial charge is 0.393 e. The lowest BCUT2D eigenvalue weighted by Crippen LogP contribution is -1.97. The summed E-state index contributed by atoms with van der Waals surface area (Å²) in [4.78, 5) is 9.44. The molecule has 0 spiro atoms. The van der Waals surface area contributed by atoms with Crippen LogP contribution in [0.1, 0.15) is 47.0 Å². The molecular weight excluding hydrogens is 140 g/mol. The van der Waals surface area contributed by atoms with Crippen molar-refractivity contribution in [1.29, 1.82) is 0 Å². The number of rotatable bonds is 3. The smallest absolute Gasteiger partial charge is 0.126 e. The van der Waals surface area contributed by atoms with Crippen molar-refractivity contribution in [3.8, 4) is 0 Å². The van der Waals surface area contributed by atoms with E-state index in [1.54, 1.807) is 0 Å². The van der Waals surface area contributed by atoms with Crippen LogP contribution in [0.15, 0.2) is 0 Å². The van der Waals surface area contributed by atoms with E-state index in [2.05, 4.69) is 6.92 Å². The van der Waals surface area contributed by atoms with Crippen LogP contribution in [0.4, 0.5) is 0 Å². The van der Waals surface area contributed by atoms with Crippen molar-refractivity contribution >= 4 is 5.78 Å². The zero-order valence-electron chi connectivity index (χ0n) is 8.05. The Kier molecular flexibility index (Phi) is 11.6. The van der Waals surface area contributed by atoms with Gasteiger partial charge < -0.3 is 9.90 Å². The topological polar surface area (TPSA) is 37.3 Å². The van der Waals surface area contributed by atoms with Crippen LogP contribution < -0.4 is 0 Å². The Morgan fingerprint density at radius 2 is 1.82 bits per heavy atom. The highest BCUT2D eigenvalue weighted by Crippen LogP contribution is 1.97. The van der Waals surface area contributed by atoms with Crippen LogP contribution in [-0.2, 0) is 4.79 Å². The molecule has 1 atom stereocenters. The van der Waals surface area contributed by atoms with Crippen molar-refractivity contribution in [1.82, 2.24) is 0 Å². The summed E-state index contributed by atoms with van der Waals surface area (Å²) in [5.41, 5.74) is 0. The molecule has 0 aromatic heterocycles. The number of unbranched alkanes of at least 4 members (excludes halogenated alkanes) is 1. The highest BCUT2D eigenvalue weighted by atomic mass is 16.3. The highest BCUT2D eigenvalue weighted by molar-refractivity contribution is 5.72. The van der Waals surface area contributed by atoms with Gasteiger partial charge >= 0.3 is 0 Å². The molecule has 0 aromatic carbocycles. The lowest BCUT2D eigenvalue weighted by atomic mass is 10.2. The molecule has 2 heteroatoms. The summed E-state index contributed by atoms with van der Waals surface area (Å²) in [5.74, 6) is 0.167. The monoisotopic (exact) mass is 160 g/mol. The van der Waals surface area contributed by atoms with Gasteiger partial charge in [-0.2, -0.15) is 0 Å². The number of carbonyl (C=O) groups excluding carboxylic acids is 1. The van der Waals surface area contributed by atoms with Crippen LogP contribution in [0.3, 0.4) is 0 Å². The van der Waals surface area contributed by atoms with E-state index in [9.17, 15) is 4.79 Å². The van der Waals surface area contributed by atoms with Crippen molar-refractivity contribution in [2.24, 2.45) is 0 Å². The first-order valence-corrected chi connectivity index (χ1v) is 4.16. The van der Waals surface area contributed by atoms with Crippen molar-refractivity contribution in [2.75, 3.05) is 0 Å². The number of carbonyl (C=O) groups is 1. The maximum atomic E-state index is 9.44. The fourth-order valence-corrected chi connectivity index (χ4v) is 0.500. The summed E-state index contributed by atoms with van der Waals surface area (Å²) in [6.07, 6.45) is 3.19. The second-order valence-electron chi connectivity index (χ2n) is 2.90. The summed E-state index contributed by atoms with van der Waals surface area (Å²) >= 11 is 0. The minimum absolute atomic E-state index is 0.0973. The molecule has 0 aromatic rings. The molecular formula is C9H20O2. The van der Waals surface area contributed by atoms with Gasteiger partial charge in [-0.1, -0.05) is 19.8 Å². The molecule has 2 nitrogen and oxygen atoms in total. The average Bonchev–Trinajstić information content (AvgIpc) is 1.82. The second kappa shape index (κ2) is 9.63. The fraction of sp³-hybridized carbons (Fsp3) is 0.889. The molecule has 0 aliphatic carbocycles. The highest BCUT2D eigenvalue weighted by Gasteiger charge is 1.90. The van der Waals surface area contributed by atoms with Crippen molar-refractivity contribution in [3.05, 3.63) is 0 Å². The van der Waals surface area contributed by atoms with Crippen LogP contribution in [-0.4, -0.2) is 17.0 Å². The second-order valence-corrected chi connectivity index (χ2v) is 2.90. The van der Waals surface area contributed by atoms with Gasteiger partial charge in [0.15, 0.2) is 0 Å². The Bertz CT molecular complexity index is 83.6. The Morgan fingerprint density at radius 3 is 1.91 bits per heavy atom. The number of aliphatic hydroxyl groups excluding tert-OH is 1. The van der Waals surface area contributed by atoms with Gasteiger partial charge in [-0.05, 0) is 27.2 Å². The SMILES string of the molecule is CC(C)=O.CCCCC(C)O. The van der Waals surface area contributed by atoms with Crippen molar-refractivity contribution in [2.45, 2.75) is 53.1 Å². The maximum absolute atomic E-state index is 9.44. The maximum Gasteiger partial charge on any atom is 0.126 e. The van der Waals surface area contributed by atoms with E-state index in [-0.39, 0.29) is 11.9 Å². The van der Waals surface area contributed by atoms with E-state index in [1.165, 1.54) is 20.3 Å². The first kappa shape index (κ1) is 13.2. The van der Waals surface area contributed by atoms with E-state index in [0.717, 1.165) is 12.8 Å². The van der Waals surface area contributed by atoms with E-state index in [1.807, 2.05) is 6.92 Å². The van der Waals surface area contributed by atoms with E-state index >= 15 is 0 Å². The van der Waals surface area contributed by atoms with E-state index in [0.29, 0.717) is 0 Å². The first-order chi connectivity index (χ1) is 5.00. The summed E-state index contributed by atoms with van der Waals surface area (Å²) in [6, 6.07) is 0. The Balaban J connectivity index is 0. The molecule has 68 valence electrons. The van der Waals surface area contributed by atoms with Crippen LogP contribution in [0.25, 0.3) is 0 Å². The summed E-state index contributed by atoms with van der Waals surface area (Å²) in [6.45, 7) is 7.01. The normalized spacial score (nSPS) is 11.4. The minimum atomic E-state index is -0.0973. The molecule has 0 saturated carbocycles. The van der Waals surface area contributed by atoms with Gasteiger partial charge in [0.1, 0.15) is 5.78 Å². The number of ketones is 1. The van der Waals surface area contributed by atoms with Crippen LogP contribution in [0.5, 0.6) is 0 Å². The van der Waals surface area contributed by atoms with E-state index < -0.39 is 0 Å². The Morgan fingerprint density at radius 1 is 1.45 bits per heavy atom. The molecule has 0 saturated heterocycles. The van der Waals surface area contributed by atoms with Gasteiger partial charge in [0, 0.05) is 0 Å². The molecule has 0 aliphatic heterocycles. The molecule has 0 heterocycles. The molecule has 1 N–H and O–H groups in total. The summed E-state index contributed by atoms with van der Waals surface area (Å²) < 4.78 is 0. The zero-order chi connectivity index (χ0) is 9.28. The third-order valence-corrected chi connectivity index (χ3v) is 0.975. The van der Waals surface area contributed by atoms with Gasteiger partial charge in [-0.15, -0.1) is 0 Å². The number of hydrogen-bond donors (Lipinski definition) is 1. The summed E-state index contributed by atoms with van der Waals surface area (Å²) in [7, 11) is 0. The third kappa shape index (κ3) is 42.5. The molecule has 0 fully saturated rings. The van der Waals surface area contributed by atoms with Crippen molar-refractivity contribution < 1.29 is 9.90 Å². The Labute approximate surface area is 69.6 Å². The molecule has 0 amide bonds. The molecule has 11 heavy (non-hydrogen) atoms. The molecule has 1 unspecified atom stereocenters. The fourth-order valence-electron chi connectivity index (χ4n) is 0.500. The average molecular weight is 160 g/mol. The third-order valence-electron chi connectivity index (χ3n) is 0.975. The lowest BCUT2D eigenvalue weighted by Gasteiger charge is -1.98. The predicted octanol–water partition coefficient (Wildman–Crippen LogP) is 2.15. The van der Waals surface area contributed by atoms with Gasteiger partial charge in [0.2, 0.25) is 0 Å². The van der Waals surface area contributed by atoms with Gasteiger partial charge in [-0.3, -0.25) is 0 Å².